The van der Waals surface area contributed by atoms with Crippen LogP contribution in [0.1, 0.15) is 43.7 Å². The second kappa shape index (κ2) is 5.75. The van der Waals surface area contributed by atoms with Crippen molar-refractivity contribution in [1.29, 1.82) is 0 Å². The van der Waals surface area contributed by atoms with Crippen LogP contribution in [0.15, 0.2) is 18.2 Å². The van der Waals surface area contributed by atoms with Gasteiger partial charge in [0.05, 0.1) is 0 Å². The number of hydrogen-bond donors (Lipinski definition) is 1. The van der Waals surface area contributed by atoms with Crippen molar-refractivity contribution in [1.82, 2.24) is 4.90 Å². The van der Waals surface area contributed by atoms with E-state index in [4.69, 9.17) is 5.73 Å². The number of aryl methyl sites for hydroxylation is 1. The standard InChI is InChI=1S/C16H26N2/c1-12-8-9-15(17)14(10-12)11-18(3)16-7-5-4-6-13(16)2/h8-10,13,16H,4-7,11,17H2,1-3H3. The van der Waals surface area contributed by atoms with Gasteiger partial charge in [-0.15, -0.1) is 0 Å². The summed E-state index contributed by atoms with van der Waals surface area (Å²) in [5.41, 5.74) is 9.57. The molecule has 18 heavy (non-hydrogen) atoms. The van der Waals surface area contributed by atoms with Crippen LogP contribution in [0, 0.1) is 12.8 Å². The molecule has 2 nitrogen and oxygen atoms in total. The van der Waals surface area contributed by atoms with E-state index in [0.29, 0.717) is 0 Å². The Balaban J connectivity index is 2.05. The molecular formula is C16H26N2. The van der Waals surface area contributed by atoms with Gasteiger partial charge in [-0.3, -0.25) is 4.90 Å². The minimum atomic E-state index is 0.721. The van der Waals surface area contributed by atoms with Crippen molar-refractivity contribution in [2.24, 2.45) is 5.92 Å². The zero-order valence-electron chi connectivity index (χ0n) is 11.9. The Kier molecular flexibility index (Phi) is 4.28. The van der Waals surface area contributed by atoms with Crippen molar-refractivity contribution in [3.05, 3.63) is 29.3 Å². The average molecular weight is 246 g/mol. The van der Waals surface area contributed by atoms with Crippen LogP contribution in [0.25, 0.3) is 0 Å². The van der Waals surface area contributed by atoms with E-state index >= 15 is 0 Å². The van der Waals surface area contributed by atoms with Crippen LogP contribution in [0.2, 0.25) is 0 Å². The van der Waals surface area contributed by atoms with Gasteiger partial charge in [0.1, 0.15) is 0 Å². The Labute approximate surface area is 111 Å². The molecule has 2 atom stereocenters. The van der Waals surface area contributed by atoms with Gasteiger partial charge in [-0.2, -0.15) is 0 Å². The minimum absolute atomic E-state index is 0.721. The van der Waals surface area contributed by atoms with Crippen LogP contribution in [-0.4, -0.2) is 18.0 Å². The Morgan fingerprint density at radius 2 is 2.00 bits per heavy atom. The molecule has 1 aromatic rings. The number of benzene rings is 1. The van der Waals surface area contributed by atoms with E-state index < -0.39 is 0 Å². The second-order valence-electron chi connectivity index (χ2n) is 5.95. The summed E-state index contributed by atoms with van der Waals surface area (Å²) in [5.74, 6) is 0.815. The smallest absolute Gasteiger partial charge is 0.0359 e. The summed E-state index contributed by atoms with van der Waals surface area (Å²) in [7, 11) is 2.24. The predicted molar refractivity (Wildman–Crippen MR) is 78.5 cm³/mol. The Hall–Kier alpha value is -1.02. The Morgan fingerprint density at radius 3 is 2.72 bits per heavy atom. The fourth-order valence-electron chi connectivity index (χ4n) is 3.21. The van der Waals surface area contributed by atoms with Crippen LogP contribution in [0.5, 0.6) is 0 Å². The number of anilines is 1. The van der Waals surface area contributed by atoms with Crippen LogP contribution in [0.4, 0.5) is 5.69 Å². The first kappa shape index (κ1) is 13.4. The molecule has 0 heterocycles. The fourth-order valence-corrected chi connectivity index (χ4v) is 3.21. The molecule has 0 saturated heterocycles. The highest BCUT2D eigenvalue weighted by Crippen LogP contribution is 2.29. The molecule has 2 unspecified atom stereocenters. The van der Waals surface area contributed by atoms with Gasteiger partial charge in [-0.05, 0) is 44.4 Å². The maximum atomic E-state index is 6.08. The van der Waals surface area contributed by atoms with Crippen LogP contribution >= 0.6 is 0 Å². The molecule has 100 valence electrons. The minimum Gasteiger partial charge on any atom is -0.398 e. The molecule has 0 amide bonds. The molecule has 2 heteroatoms. The van der Waals surface area contributed by atoms with Crippen molar-refractivity contribution in [2.45, 2.75) is 52.1 Å². The Bertz CT molecular complexity index is 400. The molecule has 1 aromatic carbocycles. The van der Waals surface area contributed by atoms with Crippen LogP contribution in [-0.2, 0) is 6.54 Å². The summed E-state index contributed by atoms with van der Waals surface area (Å²) in [6.45, 7) is 5.49. The zero-order chi connectivity index (χ0) is 13.1. The molecular weight excluding hydrogens is 220 g/mol. The molecule has 0 aliphatic heterocycles. The third-order valence-corrected chi connectivity index (χ3v) is 4.35. The highest BCUT2D eigenvalue weighted by molar-refractivity contribution is 5.48. The molecule has 1 aliphatic carbocycles. The lowest BCUT2D eigenvalue weighted by atomic mass is 9.85. The van der Waals surface area contributed by atoms with E-state index in [0.717, 1.165) is 24.2 Å². The second-order valence-corrected chi connectivity index (χ2v) is 5.95. The third-order valence-electron chi connectivity index (χ3n) is 4.35. The molecule has 1 aliphatic rings. The maximum absolute atomic E-state index is 6.08. The largest absolute Gasteiger partial charge is 0.398 e. The molecule has 2 rings (SSSR count). The zero-order valence-corrected chi connectivity index (χ0v) is 11.9. The third kappa shape index (κ3) is 3.05. The summed E-state index contributed by atoms with van der Waals surface area (Å²) >= 11 is 0. The van der Waals surface area contributed by atoms with Crippen LogP contribution < -0.4 is 5.73 Å². The fraction of sp³-hybridized carbons (Fsp3) is 0.625. The molecule has 1 fully saturated rings. The number of nitrogen functional groups attached to an aromatic ring is 1. The van der Waals surface area contributed by atoms with E-state index in [9.17, 15) is 0 Å². The van der Waals surface area contributed by atoms with E-state index in [2.05, 4.69) is 37.9 Å². The monoisotopic (exact) mass is 246 g/mol. The summed E-state index contributed by atoms with van der Waals surface area (Å²) in [5, 5.41) is 0. The van der Waals surface area contributed by atoms with Gasteiger partial charge in [0.2, 0.25) is 0 Å². The highest BCUT2D eigenvalue weighted by atomic mass is 15.1. The first-order valence-electron chi connectivity index (χ1n) is 7.13. The van der Waals surface area contributed by atoms with Gasteiger partial charge < -0.3 is 5.73 Å². The Morgan fingerprint density at radius 1 is 1.28 bits per heavy atom. The van der Waals surface area contributed by atoms with Gasteiger partial charge >= 0.3 is 0 Å². The van der Waals surface area contributed by atoms with Crippen molar-refractivity contribution in [3.63, 3.8) is 0 Å². The number of rotatable bonds is 3. The van der Waals surface area contributed by atoms with Crippen LogP contribution in [0.3, 0.4) is 0 Å². The van der Waals surface area contributed by atoms with Gasteiger partial charge in [-0.1, -0.05) is 37.5 Å². The molecule has 2 N–H and O–H groups in total. The van der Waals surface area contributed by atoms with Crippen molar-refractivity contribution in [3.8, 4) is 0 Å². The average Bonchev–Trinajstić information content (AvgIpc) is 2.34. The van der Waals surface area contributed by atoms with Gasteiger partial charge in [0.15, 0.2) is 0 Å². The first-order valence-corrected chi connectivity index (χ1v) is 7.13. The predicted octanol–water partition coefficient (Wildman–Crippen LogP) is 3.59. The highest BCUT2D eigenvalue weighted by Gasteiger charge is 2.25. The summed E-state index contributed by atoms with van der Waals surface area (Å²) < 4.78 is 0. The lowest BCUT2D eigenvalue weighted by molar-refractivity contribution is 0.133. The van der Waals surface area contributed by atoms with Crippen molar-refractivity contribution < 1.29 is 0 Å². The number of nitrogens with two attached hydrogens (primary N) is 1. The molecule has 0 bridgehead atoms. The summed E-state index contributed by atoms with van der Waals surface area (Å²) in [6, 6.07) is 7.06. The van der Waals surface area contributed by atoms with E-state index in [1.807, 2.05) is 6.07 Å². The van der Waals surface area contributed by atoms with Crippen molar-refractivity contribution >= 4 is 5.69 Å². The summed E-state index contributed by atoms with van der Waals surface area (Å²) in [6.07, 6.45) is 5.49. The number of hydrogen-bond acceptors (Lipinski definition) is 2. The SMILES string of the molecule is Cc1ccc(N)c(CN(C)C2CCCCC2C)c1. The lowest BCUT2D eigenvalue weighted by Crippen LogP contribution is -2.38. The molecule has 0 spiro atoms. The van der Waals surface area contributed by atoms with E-state index in [-0.39, 0.29) is 0 Å². The number of nitrogens with zero attached hydrogens (tertiary/aromatic N) is 1. The molecule has 0 aromatic heterocycles. The topological polar surface area (TPSA) is 29.3 Å². The first-order chi connectivity index (χ1) is 8.58. The normalized spacial score (nSPS) is 24.4. The van der Waals surface area contributed by atoms with Crippen molar-refractivity contribution in [2.75, 3.05) is 12.8 Å². The van der Waals surface area contributed by atoms with E-state index in [1.54, 1.807) is 0 Å². The molecule has 0 radical (unpaired) electrons. The van der Waals surface area contributed by atoms with E-state index in [1.165, 1.54) is 36.8 Å². The van der Waals surface area contributed by atoms with Gasteiger partial charge in [0.25, 0.3) is 0 Å². The lowest BCUT2D eigenvalue weighted by Gasteiger charge is -2.36. The quantitative estimate of drug-likeness (QED) is 0.826. The van der Waals surface area contributed by atoms with Gasteiger partial charge in [0, 0.05) is 18.3 Å². The van der Waals surface area contributed by atoms with Gasteiger partial charge in [-0.25, -0.2) is 0 Å². The summed E-state index contributed by atoms with van der Waals surface area (Å²) in [4.78, 5) is 2.50. The molecule has 1 saturated carbocycles. The maximum Gasteiger partial charge on any atom is 0.0359 e.